The van der Waals surface area contributed by atoms with Gasteiger partial charge in [0.1, 0.15) is 5.82 Å². The molecule has 0 aliphatic carbocycles. The Morgan fingerprint density at radius 2 is 2.36 bits per heavy atom. The van der Waals surface area contributed by atoms with E-state index in [0.717, 1.165) is 25.2 Å². The van der Waals surface area contributed by atoms with Crippen molar-refractivity contribution in [3.05, 3.63) is 23.9 Å². The monoisotopic (exact) mass is 190 g/mol. The van der Waals surface area contributed by atoms with Gasteiger partial charge in [0, 0.05) is 19.2 Å². The number of hydrogen-bond donors (Lipinski definition) is 0. The minimum atomic E-state index is 0.319. The molecule has 1 fully saturated rings. The Bertz CT molecular complexity index is 349. The van der Waals surface area contributed by atoms with Gasteiger partial charge in [-0.1, -0.05) is 0 Å². The zero-order valence-corrected chi connectivity index (χ0v) is 8.36. The molecule has 14 heavy (non-hydrogen) atoms. The summed E-state index contributed by atoms with van der Waals surface area (Å²) in [5, 5.41) is 0. The third kappa shape index (κ3) is 1.92. The van der Waals surface area contributed by atoms with Crippen LogP contribution in [-0.2, 0) is 4.79 Å². The Labute approximate surface area is 83.8 Å². The van der Waals surface area contributed by atoms with Gasteiger partial charge in [-0.2, -0.15) is 0 Å². The molecule has 1 aromatic heterocycles. The summed E-state index contributed by atoms with van der Waals surface area (Å²) in [6, 6.07) is 3.99. The summed E-state index contributed by atoms with van der Waals surface area (Å²) in [5.41, 5.74) is 1.19. The third-order valence-corrected chi connectivity index (χ3v) is 2.48. The lowest BCUT2D eigenvalue weighted by Gasteiger charge is -2.26. The first kappa shape index (κ1) is 9.19. The number of aryl methyl sites for hydroxylation is 1. The number of anilines is 1. The molecule has 0 unspecified atom stereocenters. The summed E-state index contributed by atoms with van der Waals surface area (Å²) in [6.45, 7) is 3.51. The largest absolute Gasteiger partial charge is 0.349 e. The second kappa shape index (κ2) is 3.78. The molecule has 2 rings (SSSR count). The highest BCUT2D eigenvalue weighted by Crippen LogP contribution is 2.16. The smallest absolute Gasteiger partial charge is 0.152 e. The summed E-state index contributed by atoms with van der Waals surface area (Å²) < 4.78 is 0. The van der Waals surface area contributed by atoms with Gasteiger partial charge in [-0.15, -0.1) is 0 Å². The zero-order chi connectivity index (χ0) is 9.97. The molecule has 0 aromatic carbocycles. The zero-order valence-electron chi connectivity index (χ0n) is 8.36. The minimum Gasteiger partial charge on any atom is -0.349 e. The summed E-state index contributed by atoms with van der Waals surface area (Å²) in [4.78, 5) is 17.6. The van der Waals surface area contributed by atoms with Gasteiger partial charge < -0.3 is 4.90 Å². The fraction of sp³-hybridized carbons (Fsp3) is 0.455. The van der Waals surface area contributed by atoms with Crippen LogP contribution in [0.2, 0.25) is 0 Å². The molecule has 0 N–H and O–H groups in total. The van der Waals surface area contributed by atoms with Crippen molar-refractivity contribution < 1.29 is 4.79 Å². The van der Waals surface area contributed by atoms with Crippen LogP contribution < -0.4 is 4.90 Å². The summed E-state index contributed by atoms with van der Waals surface area (Å²) in [6.07, 6.45) is 3.47. The van der Waals surface area contributed by atoms with Crippen molar-refractivity contribution >= 4 is 11.6 Å². The number of carbonyl (C=O) groups is 1. The maximum absolute atomic E-state index is 11.3. The highest BCUT2D eigenvalue weighted by Gasteiger charge is 2.17. The number of hydrogen-bond acceptors (Lipinski definition) is 3. The second-order valence-corrected chi connectivity index (χ2v) is 3.76. The van der Waals surface area contributed by atoms with Crippen molar-refractivity contribution in [2.75, 3.05) is 18.0 Å². The van der Waals surface area contributed by atoms with Crippen LogP contribution in [0.25, 0.3) is 0 Å². The first-order chi connectivity index (χ1) is 6.75. The molecule has 0 radical (unpaired) electrons. The quantitative estimate of drug-likeness (QED) is 0.673. The number of piperidine rings is 1. The highest BCUT2D eigenvalue weighted by atomic mass is 16.1. The molecular weight excluding hydrogens is 176 g/mol. The van der Waals surface area contributed by atoms with Crippen molar-refractivity contribution in [3.8, 4) is 0 Å². The average molecular weight is 190 g/mol. The van der Waals surface area contributed by atoms with E-state index < -0.39 is 0 Å². The number of ketones is 1. The molecule has 2 heterocycles. The van der Waals surface area contributed by atoms with Crippen LogP contribution in [0.5, 0.6) is 0 Å². The Hall–Kier alpha value is -1.38. The SMILES string of the molecule is Cc1ccnc(N2CCCC(=O)C2)c1. The fourth-order valence-corrected chi connectivity index (χ4v) is 1.73. The van der Waals surface area contributed by atoms with E-state index >= 15 is 0 Å². The Kier molecular flexibility index (Phi) is 2.48. The molecule has 1 aliphatic heterocycles. The number of nitrogens with zero attached hydrogens (tertiary/aromatic N) is 2. The first-order valence-electron chi connectivity index (χ1n) is 4.95. The van der Waals surface area contributed by atoms with E-state index in [9.17, 15) is 4.79 Å². The van der Waals surface area contributed by atoms with Crippen molar-refractivity contribution in [2.24, 2.45) is 0 Å². The van der Waals surface area contributed by atoms with Crippen LogP contribution in [0, 0.1) is 6.92 Å². The van der Waals surface area contributed by atoms with E-state index in [1.807, 2.05) is 19.1 Å². The normalized spacial score (nSPS) is 17.2. The van der Waals surface area contributed by atoms with Gasteiger partial charge in [-0.3, -0.25) is 4.79 Å². The molecule has 1 saturated heterocycles. The van der Waals surface area contributed by atoms with Gasteiger partial charge in [0.25, 0.3) is 0 Å². The lowest BCUT2D eigenvalue weighted by atomic mass is 10.1. The third-order valence-electron chi connectivity index (χ3n) is 2.48. The number of aromatic nitrogens is 1. The highest BCUT2D eigenvalue weighted by molar-refractivity contribution is 5.84. The van der Waals surface area contributed by atoms with Crippen LogP contribution in [0.4, 0.5) is 5.82 Å². The van der Waals surface area contributed by atoms with Gasteiger partial charge in [0.15, 0.2) is 5.78 Å². The molecule has 1 aromatic rings. The van der Waals surface area contributed by atoms with Gasteiger partial charge in [-0.25, -0.2) is 4.98 Å². The van der Waals surface area contributed by atoms with Crippen molar-refractivity contribution in [1.82, 2.24) is 4.98 Å². The fourth-order valence-electron chi connectivity index (χ4n) is 1.73. The van der Waals surface area contributed by atoms with Crippen molar-refractivity contribution in [2.45, 2.75) is 19.8 Å². The molecule has 0 amide bonds. The Morgan fingerprint density at radius 1 is 1.50 bits per heavy atom. The molecule has 0 bridgehead atoms. The maximum Gasteiger partial charge on any atom is 0.152 e. The lowest BCUT2D eigenvalue weighted by Crippen LogP contribution is -2.36. The molecule has 0 atom stereocenters. The Morgan fingerprint density at radius 3 is 3.07 bits per heavy atom. The van der Waals surface area contributed by atoms with Crippen molar-refractivity contribution in [1.29, 1.82) is 0 Å². The maximum atomic E-state index is 11.3. The molecule has 3 nitrogen and oxygen atoms in total. The molecular formula is C11H14N2O. The van der Waals surface area contributed by atoms with Gasteiger partial charge in [0.05, 0.1) is 6.54 Å². The molecule has 3 heteroatoms. The summed E-state index contributed by atoms with van der Waals surface area (Å²) in [7, 11) is 0. The molecule has 74 valence electrons. The van der Waals surface area contributed by atoms with E-state index in [1.165, 1.54) is 5.56 Å². The van der Waals surface area contributed by atoms with E-state index in [2.05, 4.69) is 9.88 Å². The van der Waals surface area contributed by atoms with E-state index in [1.54, 1.807) is 6.20 Å². The topological polar surface area (TPSA) is 33.2 Å². The van der Waals surface area contributed by atoms with Crippen LogP contribution in [0.1, 0.15) is 18.4 Å². The molecule has 1 aliphatic rings. The average Bonchev–Trinajstić information content (AvgIpc) is 2.18. The van der Waals surface area contributed by atoms with E-state index in [-0.39, 0.29) is 0 Å². The lowest BCUT2D eigenvalue weighted by molar-refractivity contribution is -0.118. The van der Waals surface area contributed by atoms with Gasteiger partial charge in [-0.05, 0) is 31.0 Å². The Balaban J connectivity index is 2.17. The van der Waals surface area contributed by atoms with Gasteiger partial charge in [0.2, 0.25) is 0 Å². The standard InChI is InChI=1S/C11H14N2O/c1-9-4-5-12-11(7-9)13-6-2-3-10(14)8-13/h4-5,7H,2-3,6,8H2,1H3. The number of Topliss-reactive ketones (excluding diaryl/α,β-unsaturated/α-hetero) is 1. The predicted molar refractivity (Wildman–Crippen MR) is 55.4 cm³/mol. The van der Waals surface area contributed by atoms with Crippen LogP contribution in [0.3, 0.4) is 0 Å². The predicted octanol–water partition coefficient (Wildman–Crippen LogP) is 1.56. The van der Waals surface area contributed by atoms with E-state index in [4.69, 9.17) is 0 Å². The minimum absolute atomic E-state index is 0.319. The molecule has 0 saturated carbocycles. The summed E-state index contributed by atoms with van der Waals surface area (Å²) in [5.74, 6) is 1.25. The molecule has 0 spiro atoms. The van der Waals surface area contributed by atoms with Crippen LogP contribution in [-0.4, -0.2) is 23.9 Å². The number of pyridine rings is 1. The second-order valence-electron chi connectivity index (χ2n) is 3.76. The number of rotatable bonds is 1. The van der Waals surface area contributed by atoms with Crippen LogP contribution in [0.15, 0.2) is 18.3 Å². The van der Waals surface area contributed by atoms with Gasteiger partial charge >= 0.3 is 0 Å². The first-order valence-corrected chi connectivity index (χ1v) is 4.95. The van der Waals surface area contributed by atoms with Crippen molar-refractivity contribution in [3.63, 3.8) is 0 Å². The summed E-state index contributed by atoms with van der Waals surface area (Å²) >= 11 is 0. The van der Waals surface area contributed by atoms with E-state index in [0.29, 0.717) is 12.3 Å². The number of carbonyl (C=O) groups excluding carboxylic acids is 1. The van der Waals surface area contributed by atoms with Crippen LogP contribution >= 0.6 is 0 Å².